The largest absolute Gasteiger partial charge is 0.147 e. The van der Waals surface area contributed by atoms with Crippen LogP contribution in [0.4, 0.5) is 0 Å². The molecule has 2 aromatic carbocycles. The van der Waals surface area contributed by atoms with Gasteiger partial charge in [0.25, 0.3) is 0 Å². The Morgan fingerprint density at radius 1 is 1.00 bits per heavy atom. The average Bonchev–Trinajstić information content (AvgIpc) is 2.85. The first-order valence-corrected chi connectivity index (χ1v) is 7.73. The van der Waals surface area contributed by atoms with Crippen molar-refractivity contribution in [1.29, 1.82) is 0 Å². The van der Waals surface area contributed by atoms with E-state index in [1.807, 2.05) is 30.3 Å². The Bertz CT molecular complexity index is 730. The van der Waals surface area contributed by atoms with Crippen LogP contribution in [0.1, 0.15) is 21.4 Å². The zero-order valence-corrected chi connectivity index (χ0v) is 12.7. The molecule has 0 radical (unpaired) electrons. The molecule has 0 N–H and O–H groups in total. The third-order valence-corrected chi connectivity index (χ3v) is 5.31. The van der Waals surface area contributed by atoms with Gasteiger partial charge in [0.1, 0.15) is 0 Å². The molecule has 0 bridgehead atoms. The number of hydrogen-bond donors (Lipinski definition) is 0. The van der Waals surface area contributed by atoms with E-state index in [9.17, 15) is 0 Å². The highest BCUT2D eigenvalue weighted by molar-refractivity contribution is 7.10. The van der Waals surface area contributed by atoms with Crippen molar-refractivity contribution < 1.29 is 0 Å². The SMILES string of the molecule is Cc1ccsc1C(Cl)c1ccc(Cl)c2ccccc12. The maximum Gasteiger partial charge on any atom is 0.0936 e. The number of hydrogen-bond acceptors (Lipinski definition) is 1. The van der Waals surface area contributed by atoms with Crippen LogP contribution in [0.3, 0.4) is 0 Å². The fourth-order valence-electron chi connectivity index (χ4n) is 2.29. The van der Waals surface area contributed by atoms with Gasteiger partial charge in [-0.2, -0.15) is 0 Å². The van der Waals surface area contributed by atoms with Crippen LogP contribution in [-0.2, 0) is 0 Å². The number of rotatable bonds is 2. The number of thiophene rings is 1. The molecule has 3 rings (SSSR count). The van der Waals surface area contributed by atoms with Crippen LogP contribution in [-0.4, -0.2) is 0 Å². The minimum Gasteiger partial charge on any atom is -0.147 e. The monoisotopic (exact) mass is 306 g/mol. The van der Waals surface area contributed by atoms with Crippen molar-refractivity contribution >= 4 is 45.3 Å². The molecular weight excluding hydrogens is 295 g/mol. The number of fused-ring (bicyclic) bond motifs is 1. The molecule has 0 saturated heterocycles. The van der Waals surface area contributed by atoms with Crippen molar-refractivity contribution in [2.45, 2.75) is 12.3 Å². The van der Waals surface area contributed by atoms with Crippen molar-refractivity contribution in [2.24, 2.45) is 0 Å². The lowest BCUT2D eigenvalue weighted by molar-refractivity contribution is 1.18. The number of halogens is 2. The number of benzene rings is 2. The van der Waals surface area contributed by atoms with Crippen molar-refractivity contribution in [3.63, 3.8) is 0 Å². The number of aryl methyl sites for hydroxylation is 1. The summed E-state index contributed by atoms with van der Waals surface area (Å²) in [6, 6.07) is 14.2. The molecule has 0 aliphatic rings. The maximum absolute atomic E-state index is 6.68. The Morgan fingerprint density at radius 2 is 1.74 bits per heavy atom. The Hall–Kier alpha value is -1.02. The molecule has 0 aliphatic carbocycles. The summed E-state index contributed by atoms with van der Waals surface area (Å²) in [6.07, 6.45) is 0. The summed E-state index contributed by atoms with van der Waals surface area (Å²) in [6.45, 7) is 2.10. The van der Waals surface area contributed by atoms with Crippen LogP contribution in [0.2, 0.25) is 5.02 Å². The van der Waals surface area contributed by atoms with Crippen LogP contribution < -0.4 is 0 Å². The molecule has 0 saturated carbocycles. The third kappa shape index (κ3) is 2.27. The molecule has 1 aromatic heterocycles. The first kappa shape index (κ1) is 13.0. The smallest absolute Gasteiger partial charge is 0.0936 e. The van der Waals surface area contributed by atoms with E-state index in [1.54, 1.807) is 11.3 Å². The minimum absolute atomic E-state index is 0.123. The zero-order valence-electron chi connectivity index (χ0n) is 10.4. The van der Waals surface area contributed by atoms with Crippen LogP contribution in [0.5, 0.6) is 0 Å². The molecule has 0 aliphatic heterocycles. The molecule has 1 heterocycles. The fourth-order valence-corrected chi connectivity index (χ4v) is 3.96. The molecule has 0 amide bonds. The minimum atomic E-state index is -0.123. The van der Waals surface area contributed by atoms with Crippen LogP contribution >= 0.6 is 34.5 Å². The van der Waals surface area contributed by atoms with E-state index in [0.29, 0.717) is 0 Å². The summed E-state index contributed by atoms with van der Waals surface area (Å²) in [5, 5.41) is 4.91. The van der Waals surface area contributed by atoms with Gasteiger partial charge in [-0.1, -0.05) is 41.9 Å². The van der Waals surface area contributed by atoms with E-state index < -0.39 is 0 Å². The van der Waals surface area contributed by atoms with Crippen molar-refractivity contribution in [3.05, 3.63) is 68.9 Å². The Labute approximate surface area is 126 Å². The first-order valence-electron chi connectivity index (χ1n) is 6.03. The van der Waals surface area contributed by atoms with E-state index in [0.717, 1.165) is 21.4 Å². The second-order valence-electron chi connectivity index (χ2n) is 4.51. The van der Waals surface area contributed by atoms with Gasteiger partial charge in [0.05, 0.1) is 5.38 Å². The zero-order chi connectivity index (χ0) is 13.4. The summed E-state index contributed by atoms with van der Waals surface area (Å²) >= 11 is 14.6. The Morgan fingerprint density at radius 3 is 2.42 bits per heavy atom. The van der Waals surface area contributed by atoms with E-state index in [4.69, 9.17) is 23.2 Å². The van der Waals surface area contributed by atoms with E-state index in [2.05, 4.69) is 24.4 Å². The highest BCUT2D eigenvalue weighted by Crippen LogP contribution is 2.39. The summed E-state index contributed by atoms with van der Waals surface area (Å²) < 4.78 is 0. The van der Waals surface area contributed by atoms with Gasteiger partial charge in [-0.3, -0.25) is 0 Å². The molecule has 1 unspecified atom stereocenters. The molecule has 0 spiro atoms. The summed E-state index contributed by atoms with van der Waals surface area (Å²) in [4.78, 5) is 1.20. The van der Waals surface area contributed by atoms with E-state index in [1.165, 1.54) is 10.4 Å². The summed E-state index contributed by atoms with van der Waals surface area (Å²) in [5.74, 6) is 0. The van der Waals surface area contributed by atoms with Crippen molar-refractivity contribution in [2.75, 3.05) is 0 Å². The van der Waals surface area contributed by atoms with Gasteiger partial charge in [0.15, 0.2) is 0 Å². The lowest BCUT2D eigenvalue weighted by Crippen LogP contribution is -1.94. The molecule has 1 atom stereocenters. The highest BCUT2D eigenvalue weighted by Gasteiger charge is 2.17. The van der Waals surface area contributed by atoms with Crippen molar-refractivity contribution in [1.82, 2.24) is 0 Å². The van der Waals surface area contributed by atoms with E-state index in [-0.39, 0.29) is 5.38 Å². The molecular formula is C16H12Cl2S. The molecule has 0 fully saturated rings. The normalized spacial score (nSPS) is 12.8. The number of alkyl halides is 1. The van der Waals surface area contributed by atoms with Gasteiger partial charge in [0, 0.05) is 15.3 Å². The second-order valence-corrected chi connectivity index (χ2v) is 6.30. The van der Waals surface area contributed by atoms with Crippen molar-refractivity contribution in [3.8, 4) is 0 Å². The van der Waals surface area contributed by atoms with Gasteiger partial charge in [-0.15, -0.1) is 22.9 Å². The van der Waals surface area contributed by atoms with Crippen LogP contribution in [0, 0.1) is 6.92 Å². The molecule has 0 nitrogen and oxygen atoms in total. The summed E-state index contributed by atoms with van der Waals surface area (Å²) in [5.41, 5.74) is 2.36. The Kier molecular flexibility index (Phi) is 3.53. The summed E-state index contributed by atoms with van der Waals surface area (Å²) in [7, 11) is 0. The van der Waals surface area contributed by atoms with Crippen LogP contribution in [0.25, 0.3) is 10.8 Å². The van der Waals surface area contributed by atoms with Crippen LogP contribution in [0.15, 0.2) is 47.8 Å². The van der Waals surface area contributed by atoms with E-state index >= 15 is 0 Å². The van der Waals surface area contributed by atoms with Gasteiger partial charge < -0.3 is 0 Å². The van der Waals surface area contributed by atoms with Gasteiger partial charge >= 0.3 is 0 Å². The fraction of sp³-hybridized carbons (Fsp3) is 0.125. The predicted molar refractivity (Wildman–Crippen MR) is 85.7 cm³/mol. The first-order chi connectivity index (χ1) is 9.18. The average molecular weight is 307 g/mol. The van der Waals surface area contributed by atoms with Gasteiger partial charge in [-0.05, 0) is 40.9 Å². The Balaban J connectivity index is 2.21. The highest BCUT2D eigenvalue weighted by atomic mass is 35.5. The lowest BCUT2D eigenvalue weighted by atomic mass is 10.0. The van der Waals surface area contributed by atoms with Gasteiger partial charge in [0.2, 0.25) is 0 Å². The standard InChI is InChI=1S/C16H12Cl2S/c1-10-8-9-19-16(10)15(18)13-6-7-14(17)12-5-3-2-4-11(12)13/h2-9,15H,1H3. The quantitative estimate of drug-likeness (QED) is 0.495. The topological polar surface area (TPSA) is 0 Å². The second kappa shape index (κ2) is 5.16. The molecule has 19 heavy (non-hydrogen) atoms. The molecule has 96 valence electrons. The third-order valence-electron chi connectivity index (χ3n) is 3.31. The molecule has 3 aromatic rings. The predicted octanol–water partition coefficient (Wildman–Crippen LogP) is 6.19. The van der Waals surface area contributed by atoms with Gasteiger partial charge in [-0.25, -0.2) is 0 Å². The maximum atomic E-state index is 6.68. The molecule has 3 heteroatoms. The lowest BCUT2D eigenvalue weighted by Gasteiger charge is -2.13.